The number of hydrogen-bond acceptors (Lipinski definition) is 6. The Hall–Kier alpha value is -8.64. The lowest BCUT2D eigenvalue weighted by Gasteiger charge is -2.14. The second kappa shape index (κ2) is 20.9. The normalized spacial score (nSPS) is 10.5. The largest absolute Gasteiger partial charge is 0.284 e. The van der Waals surface area contributed by atoms with Crippen molar-refractivity contribution in [3.05, 3.63) is 278 Å². The monoisotopic (exact) mass is 892 g/mol. The summed E-state index contributed by atoms with van der Waals surface area (Å²) in [6.45, 7) is 11.6. The molecule has 67 heavy (non-hydrogen) atoms. The fourth-order valence-corrected chi connectivity index (χ4v) is 7.18. The third-order valence-corrected chi connectivity index (χ3v) is 10.5. The molecule has 0 aliphatic rings. The lowest BCUT2D eigenvalue weighted by atomic mass is 10.2. The van der Waals surface area contributed by atoms with Gasteiger partial charge in [0.25, 0.3) is 33.4 Å². The van der Waals surface area contributed by atoms with Crippen molar-refractivity contribution in [2.75, 3.05) is 0 Å². The van der Waals surface area contributed by atoms with Crippen LogP contribution in [-0.2, 0) is 0 Å². The molecule has 0 amide bonds. The molecule has 0 spiro atoms. The average Bonchev–Trinajstić information content (AvgIpc) is 3.32. The van der Waals surface area contributed by atoms with Gasteiger partial charge in [-0.05, 0) is 130 Å². The van der Waals surface area contributed by atoms with Crippen molar-refractivity contribution in [3.63, 3.8) is 0 Å². The summed E-state index contributed by atoms with van der Waals surface area (Å²) in [5, 5.41) is 0. The van der Waals surface area contributed by atoms with Gasteiger partial charge in [0.2, 0.25) is 0 Å². The fraction of sp³-hybridized carbons (Fsp3) is 0.127. The van der Waals surface area contributed by atoms with E-state index in [9.17, 15) is 28.8 Å². The number of aromatic nitrogens is 6. The predicted molar refractivity (Wildman–Crippen MR) is 268 cm³/mol. The van der Waals surface area contributed by atoms with Crippen LogP contribution in [0.15, 0.2) is 212 Å². The van der Waals surface area contributed by atoms with Crippen molar-refractivity contribution < 1.29 is 0 Å². The van der Waals surface area contributed by atoms with Gasteiger partial charge in [0, 0.05) is 85.0 Å². The van der Waals surface area contributed by atoms with Crippen LogP contribution in [0.3, 0.4) is 0 Å². The van der Waals surface area contributed by atoms with Gasteiger partial charge >= 0.3 is 0 Å². The first-order valence-electron chi connectivity index (χ1n) is 21.1. The van der Waals surface area contributed by atoms with E-state index in [0.29, 0.717) is 11.4 Å². The summed E-state index contributed by atoms with van der Waals surface area (Å²) in [5.41, 5.74) is 9.77. The van der Waals surface area contributed by atoms with E-state index in [2.05, 4.69) is 0 Å². The maximum Gasteiger partial charge on any atom is 0.255 e. The van der Waals surface area contributed by atoms with Crippen LogP contribution >= 0.6 is 0 Å². The van der Waals surface area contributed by atoms with Gasteiger partial charge in [-0.15, -0.1) is 0 Å². The number of para-hydroxylation sites is 2. The van der Waals surface area contributed by atoms with Crippen LogP contribution in [0.1, 0.15) is 40.8 Å². The molecule has 0 fully saturated rings. The highest BCUT2D eigenvalue weighted by molar-refractivity contribution is 5.53. The van der Waals surface area contributed by atoms with Crippen molar-refractivity contribution in [3.8, 4) is 34.1 Å². The number of rotatable bonds is 6. The Morgan fingerprint density at radius 1 is 0.254 bits per heavy atom. The second-order valence-electron chi connectivity index (χ2n) is 16.0. The van der Waals surface area contributed by atoms with E-state index < -0.39 is 0 Å². The second-order valence-corrected chi connectivity index (χ2v) is 16.0. The van der Waals surface area contributed by atoms with Gasteiger partial charge < -0.3 is 0 Å². The Morgan fingerprint density at radius 2 is 0.493 bits per heavy atom. The summed E-state index contributed by atoms with van der Waals surface area (Å²) in [6.07, 6.45) is 10.7. The van der Waals surface area contributed by atoms with Crippen LogP contribution in [0.25, 0.3) is 34.1 Å². The van der Waals surface area contributed by atoms with E-state index in [1.807, 2.05) is 114 Å². The molecule has 3 aromatic carbocycles. The molecular weight excluding hydrogens is 841 g/mol. The summed E-state index contributed by atoms with van der Waals surface area (Å²) < 4.78 is 9.49. The van der Waals surface area contributed by atoms with E-state index in [0.717, 1.165) is 56.1 Å². The lowest BCUT2D eigenvalue weighted by Crippen LogP contribution is -2.22. The standard InChI is InChI=1S/3C18H16N2O2.CH4/c1-13-3-9-17(21)19(11-13)15-5-7-16(8-6-15)20-12-14(2)4-10-18(20)22;1-13-6-8-17(21)19(11-13)15-4-3-5-16(10-15)20-12-14(2)7-9-18(20)22;1-13-7-9-17(21)19(11-13)15-5-3-4-6-16(15)20-12-14(2)8-10-18(20)22;/h3*3-12H,1-2H3;1H4. The molecular formula is C55H52N6O6. The first-order chi connectivity index (χ1) is 31.6. The lowest BCUT2D eigenvalue weighted by molar-refractivity contribution is 0.915. The molecule has 6 heterocycles. The molecule has 0 N–H and O–H groups in total. The average molecular weight is 893 g/mol. The molecule has 12 nitrogen and oxygen atoms in total. The van der Waals surface area contributed by atoms with Gasteiger partial charge in [-0.1, -0.05) is 62.0 Å². The summed E-state index contributed by atoms with van der Waals surface area (Å²) in [5.74, 6) is 0. The number of benzene rings is 3. The minimum Gasteiger partial charge on any atom is -0.284 e. The van der Waals surface area contributed by atoms with Crippen LogP contribution in [0.5, 0.6) is 0 Å². The fourth-order valence-electron chi connectivity index (χ4n) is 7.18. The number of aryl methyl sites for hydroxylation is 6. The molecule has 0 aliphatic heterocycles. The summed E-state index contributed by atoms with van der Waals surface area (Å²) >= 11 is 0. The first-order valence-corrected chi connectivity index (χ1v) is 21.1. The third kappa shape index (κ3) is 11.4. The predicted octanol–water partition coefficient (Wildman–Crippen LogP) is 8.45. The number of pyridine rings is 6. The van der Waals surface area contributed by atoms with E-state index in [1.54, 1.807) is 125 Å². The Bertz CT molecular complexity index is 3360. The van der Waals surface area contributed by atoms with Crippen LogP contribution in [0, 0.1) is 41.5 Å². The van der Waals surface area contributed by atoms with Crippen LogP contribution in [0.2, 0.25) is 0 Å². The molecule has 0 bridgehead atoms. The first kappa shape index (κ1) is 47.8. The van der Waals surface area contributed by atoms with Gasteiger partial charge in [-0.2, -0.15) is 0 Å². The Morgan fingerprint density at radius 3 is 0.776 bits per heavy atom. The molecule has 6 aromatic heterocycles. The highest BCUT2D eigenvalue weighted by Crippen LogP contribution is 2.18. The van der Waals surface area contributed by atoms with E-state index in [1.165, 1.54) is 12.1 Å². The number of hydrogen-bond donors (Lipinski definition) is 0. The molecule has 0 saturated heterocycles. The zero-order chi connectivity index (χ0) is 47.1. The molecule has 12 heteroatoms. The molecule has 0 radical (unpaired) electrons. The zero-order valence-corrected chi connectivity index (χ0v) is 37.5. The zero-order valence-electron chi connectivity index (χ0n) is 37.5. The quantitative estimate of drug-likeness (QED) is 0.165. The molecule has 0 saturated carbocycles. The summed E-state index contributed by atoms with van der Waals surface area (Å²) in [7, 11) is 0. The Labute approximate surface area is 387 Å². The minimum absolute atomic E-state index is 0. The van der Waals surface area contributed by atoms with E-state index >= 15 is 0 Å². The van der Waals surface area contributed by atoms with Crippen molar-refractivity contribution in [2.45, 2.75) is 49.0 Å². The van der Waals surface area contributed by atoms with Crippen molar-refractivity contribution >= 4 is 0 Å². The van der Waals surface area contributed by atoms with Gasteiger partial charge in [-0.3, -0.25) is 56.2 Å². The van der Waals surface area contributed by atoms with E-state index in [-0.39, 0.29) is 40.8 Å². The minimum atomic E-state index is -0.126. The molecule has 0 unspecified atom stereocenters. The molecule has 0 atom stereocenters. The molecule has 9 aromatic rings. The van der Waals surface area contributed by atoms with Crippen molar-refractivity contribution in [1.82, 2.24) is 27.4 Å². The Balaban J connectivity index is 0.000000165. The molecule has 0 aliphatic carbocycles. The summed E-state index contributed by atoms with van der Waals surface area (Å²) in [6, 6.07) is 42.1. The third-order valence-electron chi connectivity index (χ3n) is 10.5. The van der Waals surface area contributed by atoms with Crippen molar-refractivity contribution in [2.24, 2.45) is 0 Å². The maximum absolute atomic E-state index is 12.2. The SMILES string of the molecule is C.Cc1ccc(=O)n(-c2ccc(-n3cc(C)ccc3=O)cc2)c1.Cc1ccc(=O)n(-c2cccc(-n3cc(C)ccc3=O)c2)c1.Cc1ccc(=O)n(-c2ccccc2-n2cc(C)ccc2=O)c1. The maximum atomic E-state index is 12.2. The highest BCUT2D eigenvalue weighted by Gasteiger charge is 2.10. The van der Waals surface area contributed by atoms with Crippen molar-refractivity contribution in [1.29, 1.82) is 0 Å². The molecule has 9 rings (SSSR count). The highest BCUT2D eigenvalue weighted by atomic mass is 16.1. The van der Waals surface area contributed by atoms with Crippen LogP contribution < -0.4 is 33.4 Å². The van der Waals surface area contributed by atoms with Gasteiger partial charge in [0.15, 0.2) is 0 Å². The summed E-state index contributed by atoms with van der Waals surface area (Å²) in [4.78, 5) is 72.3. The smallest absolute Gasteiger partial charge is 0.255 e. The number of nitrogens with zero attached hydrogens (tertiary/aromatic N) is 6. The van der Waals surface area contributed by atoms with Crippen LogP contribution in [-0.4, -0.2) is 27.4 Å². The Kier molecular flexibility index (Phi) is 14.9. The molecule has 338 valence electrons. The van der Waals surface area contributed by atoms with E-state index in [4.69, 9.17) is 0 Å². The topological polar surface area (TPSA) is 132 Å². The van der Waals surface area contributed by atoms with Gasteiger partial charge in [-0.25, -0.2) is 0 Å². The van der Waals surface area contributed by atoms with Gasteiger partial charge in [0.05, 0.1) is 22.7 Å². The van der Waals surface area contributed by atoms with Gasteiger partial charge in [0.1, 0.15) is 0 Å². The van der Waals surface area contributed by atoms with Crippen LogP contribution in [0.4, 0.5) is 0 Å².